The molecule has 1 heterocycles. The smallest absolute Gasteiger partial charge is 0.416 e. The number of hydrogen-bond acceptors (Lipinski definition) is 3. The van der Waals surface area contributed by atoms with Crippen LogP contribution in [0.5, 0.6) is 0 Å². The van der Waals surface area contributed by atoms with E-state index in [2.05, 4.69) is 13.8 Å². The summed E-state index contributed by atoms with van der Waals surface area (Å²) in [4.78, 5) is 24.8. The van der Waals surface area contributed by atoms with E-state index >= 15 is 0 Å². The number of amides is 2. The van der Waals surface area contributed by atoms with Crippen LogP contribution in [0, 0.1) is 5.41 Å². The lowest BCUT2D eigenvalue weighted by atomic mass is 9.77. The Kier molecular flexibility index (Phi) is 4.97. The summed E-state index contributed by atoms with van der Waals surface area (Å²) in [6, 6.07) is 0. The van der Waals surface area contributed by atoms with Crippen LogP contribution < -0.4 is 0 Å². The number of cyclic esters (lactones) is 1. The standard InChI is InChI=1S/C13H23NO3/c1-4-6-8-13(9-7-5-2)10-17-12(16)14(3)11(13)15/h4-10H2,1-3H3. The highest BCUT2D eigenvalue weighted by atomic mass is 16.6. The number of nitrogens with zero attached hydrogens (tertiary/aromatic N) is 1. The Hall–Kier alpha value is -1.06. The van der Waals surface area contributed by atoms with Gasteiger partial charge in [0.15, 0.2) is 0 Å². The van der Waals surface area contributed by atoms with E-state index in [9.17, 15) is 9.59 Å². The minimum atomic E-state index is -0.515. The van der Waals surface area contributed by atoms with E-state index < -0.39 is 11.5 Å². The van der Waals surface area contributed by atoms with Crippen molar-refractivity contribution in [3.8, 4) is 0 Å². The summed E-state index contributed by atoms with van der Waals surface area (Å²) in [5.74, 6) is -0.0596. The van der Waals surface area contributed by atoms with Crippen LogP contribution in [0.2, 0.25) is 0 Å². The van der Waals surface area contributed by atoms with Gasteiger partial charge >= 0.3 is 6.09 Å². The van der Waals surface area contributed by atoms with Crippen molar-refractivity contribution in [2.75, 3.05) is 13.7 Å². The maximum atomic E-state index is 12.3. The van der Waals surface area contributed by atoms with E-state index in [-0.39, 0.29) is 12.5 Å². The second kappa shape index (κ2) is 6.03. The van der Waals surface area contributed by atoms with Gasteiger partial charge in [0.25, 0.3) is 0 Å². The zero-order chi connectivity index (χ0) is 12.9. The summed E-state index contributed by atoms with van der Waals surface area (Å²) >= 11 is 0. The quantitative estimate of drug-likeness (QED) is 0.718. The van der Waals surface area contributed by atoms with Gasteiger partial charge in [0.2, 0.25) is 5.91 Å². The number of carbonyl (C=O) groups excluding carboxylic acids is 2. The topological polar surface area (TPSA) is 46.6 Å². The van der Waals surface area contributed by atoms with Gasteiger partial charge in [0, 0.05) is 7.05 Å². The van der Waals surface area contributed by atoms with Crippen molar-refractivity contribution < 1.29 is 14.3 Å². The third-order valence-electron chi connectivity index (χ3n) is 3.52. The molecule has 2 amide bonds. The van der Waals surface area contributed by atoms with Crippen LogP contribution in [0.1, 0.15) is 52.4 Å². The molecule has 0 N–H and O–H groups in total. The Morgan fingerprint density at radius 2 is 1.71 bits per heavy atom. The molecule has 0 bridgehead atoms. The van der Waals surface area contributed by atoms with Crippen molar-refractivity contribution in [2.45, 2.75) is 52.4 Å². The average Bonchev–Trinajstić information content (AvgIpc) is 2.35. The van der Waals surface area contributed by atoms with Crippen LogP contribution >= 0.6 is 0 Å². The minimum absolute atomic E-state index is 0.0596. The van der Waals surface area contributed by atoms with E-state index in [1.54, 1.807) is 0 Å². The molecule has 0 unspecified atom stereocenters. The Morgan fingerprint density at radius 3 is 2.18 bits per heavy atom. The molecule has 0 aromatic rings. The summed E-state index contributed by atoms with van der Waals surface area (Å²) in [5, 5.41) is 0. The van der Waals surface area contributed by atoms with Gasteiger partial charge in [-0.25, -0.2) is 9.69 Å². The molecule has 0 spiro atoms. The highest BCUT2D eigenvalue weighted by molar-refractivity contribution is 5.97. The van der Waals surface area contributed by atoms with Gasteiger partial charge in [-0.3, -0.25) is 4.79 Å². The van der Waals surface area contributed by atoms with Gasteiger partial charge in [-0.1, -0.05) is 39.5 Å². The Balaban J connectivity index is 2.80. The molecule has 1 aliphatic heterocycles. The molecule has 1 rings (SSSR count). The fourth-order valence-electron chi connectivity index (χ4n) is 2.31. The molecule has 0 aromatic carbocycles. The molecular weight excluding hydrogens is 218 g/mol. The number of carbonyl (C=O) groups is 2. The lowest BCUT2D eigenvalue weighted by Gasteiger charge is -2.38. The zero-order valence-electron chi connectivity index (χ0n) is 11.1. The first-order chi connectivity index (χ1) is 8.07. The predicted octanol–water partition coefficient (Wildman–Crippen LogP) is 2.96. The van der Waals surface area contributed by atoms with Gasteiger partial charge in [-0.05, 0) is 12.8 Å². The largest absolute Gasteiger partial charge is 0.448 e. The first-order valence-corrected chi connectivity index (χ1v) is 6.52. The summed E-state index contributed by atoms with van der Waals surface area (Å²) in [7, 11) is 1.51. The summed E-state index contributed by atoms with van der Waals surface area (Å²) in [5.41, 5.74) is -0.464. The lowest BCUT2D eigenvalue weighted by Crippen LogP contribution is -2.53. The van der Waals surface area contributed by atoms with E-state index in [1.165, 1.54) is 7.05 Å². The normalized spacial score (nSPS) is 19.4. The van der Waals surface area contributed by atoms with Crippen molar-refractivity contribution in [3.63, 3.8) is 0 Å². The number of rotatable bonds is 6. The molecule has 0 aromatic heterocycles. The molecule has 17 heavy (non-hydrogen) atoms. The average molecular weight is 241 g/mol. The summed E-state index contributed by atoms with van der Waals surface area (Å²) < 4.78 is 5.14. The minimum Gasteiger partial charge on any atom is -0.448 e. The molecule has 0 atom stereocenters. The highest BCUT2D eigenvalue weighted by Crippen LogP contribution is 2.36. The maximum Gasteiger partial charge on any atom is 0.416 e. The lowest BCUT2D eigenvalue weighted by molar-refractivity contribution is -0.149. The SMILES string of the molecule is CCCCC1(CCCC)COC(=O)N(C)C1=O. The van der Waals surface area contributed by atoms with E-state index in [4.69, 9.17) is 4.74 Å². The van der Waals surface area contributed by atoms with Crippen molar-refractivity contribution in [2.24, 2.45) is 5.41 Å². The monoisotopic (exact) mass is 241 g/mol. The third kappa shape index (κ3) is 2.99. The first kappa shape index (κ1) is 14.0. The van der Waals surface area contributed by atoms with Crippen molar-refractivity contribution in [1.82, 2.24) is 4.90 Å². The van der Waals surface area contributed by atoms with Crippen LogP contribution in [-0.4, -0.2) is 30.6 Å². The molecule has 4 heteroatoms. The Bertz CT molecular complexity index is 280. The predicted molar refractivity (Wildman–Crippen MR) is 65.6 cm³/mol. The fourth-order valence-corrected chi connectivity index (χ4v) is 2.31. The summed E-state index contributed by atoms with van der Waals surface area (Å²) in [6.07, 6.45) is 5.23. The van der Waals surface area contributed by atoms with Crippen LogP contribution in [0.25, 0.3) is 0 Å². The van der Waals surface area contributed by atoms with Gasteiger partial charge < -0.3 is 4.74 Å². The molecule has 1 fully saturated rings. The molecule has 1 saturated heterocycles. The van der Waals surface area contributed by atoms with E-state index in [0.29, 0.717) is 0 Å². The molecule has 0 saturated carbocycles. The van der Waals surface area contributed by atoms with Crippen molar-refractivity contribution >= 4 is 12.0 Å². The molecule has 98 valence electrons. The van der Waals surface area contributed by atoms with Gasteiger partial charge in [-0.2, -0.15) is 0 Å². The van der Waals surface area contributed by atoms with Gasteiger partial charge in [-0.15, -0.1) is 0 Å². The molecular formula is C13H23NO3. The second-order valence-electron chi connectivity index (χ2n) is 4.91. The third-order valence-corrected chi connectivity index (χ3v) is 3.52. The molecule has 0 aliphatic carbocycles. The van der Waals surface area contributed by atoms with E-state index in [1.807, 2.05) is 0 Å². The van der Waals surface area contributed by atoms with Gasteiger partial charge in [0.05, 0.1) is 5.41 Å². The molecule has 4 nitrogen and oxygen atoms in total. The van der Waals surface area contributed by atoms with Crippen LogP contribution in [-0.2, 0) is 9.53 Å². The molecule has 1 aliphatic rings. The second-order valence-corrected chi connectivity index (χ2v) is 4.91. The van der Waals surface area contributed by atoms with E-state index in [0.717, 1.165) is 43.4 Å². The maximum absolute atomic E-state index is 12.3. The number of hydrogen-bond donors (Lipinski definition) is 0. The highest BCUT2D eigenvalue weighted by Gasteiger charge is 2.46. The number of unbranched alkanes of at least 4 members (excludes halogenated alkanes) is 2. The van der Waals surface area contributed by atoms with Gasteiger partial charge in [0.1, 0.15) is 6.61 Å². The fraction of sp³-hybridized carbons (Fsp3) is 0.846. The number of ether oxygens (including phenoxy) is 1. The number of imide groups is 1. The molecule has 0 radical (unpaired) electrons. The Morgan fingerprint density at radius 1 is 1.18 bits per heavy atom. The van der Waals surface area contributed by atoms with Crippen molar-refractivity contribution in [1.29, 1.82) is 0 Å². The van der Waals surface area contributed by atoms with Crippen LogP contribution in [0.15, 0.2) is 0 Å². The first-order valence-electron chi connectivity index (χ1n) is 6.52. The van der Waals surface area contributed by atoms with Crippen LogP contribution in [0.3, 0.4) is 0 Å². The Labute approximate surface area is 103 Å². The zero-order valence-corrected chi connectivity index (χ0v) is 11.1. The summed E-state index contributed by atoms with van der Waals surface area (Å²) in [6.45, 7) is 4.47. The van der Waals surface area contributed by atoms with Crippen molar-refractivity contribution in [3.05, 3.63) is 0 Å². The van der Waals surface area contributed by atoms with Crippen LogP contribution in [0.4, 0.5) is 4.79 Å².